The molecule has 0 spiro atoms. The maximum atomic E-state index is 9.73. The van der Waals surface area contributed by atoms with Gasteiger partial charge in [-0.2, -0.15) is 12.6 Å². The molecule has 0 radical (unpaired) electrons. The van der Waals surface area contributed by atoms with Crippen molar-refractivity contribution in [3.05, 3.63) is 91.0 Å². The van der Waals surface area contributed by atoms with Crippen molar-refractivity contribution in [2.24, 2.45) is 0 Å². The molecule has 0 saturated heterocycles. The van der Waals surface area contributed by atoms with Gasteiger partial charge in [0.2, 0.25) is 0 Å². The van der Waals surface area contributed by atoms with E-state index in [1.54, 1.807) is 0 Å². The molecule has 3 rings (SSSR count). The van der Waals surface area contributed by atoms with Crippen LogP contribution in [0.15, 0.2) is 91.0 Å². The van der Waals surface area contributed by atoms with Gasteiger partial charge in [0.15, 0.2) is 0 Å². The number of hydrogen-bond acceptors (Lipinski definition) is 0. The Kier molecular flexibility index (Phi) is 7.26. The summed E-state index contributed by atoms with van der Waals surface area (Å²) in [6.07, 6.45) is 0. The molecular weight excluding hydrogens is 335 g/mol. The van der Waals surface area contributed by atoms with E-state index in [-0.39, 0.29) is 0 Å². The van der Waals surface area contributed by atoms with E-state index in [2.05, 4.69) is 91.0 Å². The van der Waals surface area contributed by atoms with Crippen molar-refractivity contribution in [2.45, 2.75) is 0 Å². The van der Waals surface area contributed by atoms with Crippen LogP contribution >= 0.6 is 16.8 Å². The molecule has 0 heterocycles. The molecule has 3 aromatic carbocycles. The van der Waals surface area contributed by atoms with E-state index in [0.717, 1.165) is 0 Å². The standard InChI is InChI=1S/C18H15P.F3P/c1-4-10-16(11-5-1)19(17-12-6-2-7-13-17)18-14-8-3-9-15-18;1-4(2)3/h1-15H;. The Balaban J connectivity index is 0.000000433. The van der Waals surface area contributed by atoms with Crippen LogP contribution in [0.1, 0.15) is 0 Å². The minimum absolute atomic E-state index is 0.446. The minimum Gasteiger partial charge on any atom is -0.152 e. The molecule has 0 amide bonds. The fourth-order valence-corrected chi connectivity index (χ4v) is 4.48. The van der Waals surface area contributed by atoms with E-state index in [9.17, 15) is 12.6 Å². The lowest BCUT2D eigenvalue weighted by Gasteiger charge is -2.18. The molecule has 0 aromatic heterocycles. The van der Waals surface area contributed by atoms with Crippen LogP contribution in [0.3, 0.4) is 0 Å². The van der Waals surface area contributed by atoms with Gasteiger partial charge in [0.25, 0.3) is 0 Å². The van der Waals surface area contributed by atoms with E-state index in [4.69, 9.17) is 0 Å². The maximum Gasteiger partial charge on any atom is 0.456 e. The maximum absolute atomic E-state index is 9.73. The molecule has 5 heteroatoms. The predicted molar refractivity (Wildman–Crippen MR) is 95.4 cm³/mol. The van der Waals surface area contributed by atoms with Gasteiger partial charge in [0.05, 0.1) is 0 Å². The number of hydrogen-bond donors (Lipinski definition) is 0. The lowest BCUT2D eigenvalue weighted by molar-refractivity contribution is 0.633. The predicted octanol–water partition coefficient (Wildman–Crippen LogP) is 5.57. The normalized spacial score (nSPS) is 10.3. The van der Waals surface area contributed by atoms with Crippen LogP contribution in [0.4, 0.5) is 12.6 Å². The summed E-state index contributed by atoms with van der Waals surface area (Å²) in [7, 11) is -4.57. The lowest BCUT2D eigenvalue weighted by Crippen LogP contribution is -2.20. The van der Waals surface area contributed by atoms with Gasteiger partial charge in [0.1, 0.15) is 0 Å². The van der Waals surface area contributed by atoms with Crippen LogP contribution in [0.2, 0.25) is 0 Å². The van der Waals surface area contributed by atoms with Crippen molar-refractivity contribution in [1.82, 2.24) is 0 Å². The van der Waals surface area contributed by atoms with Crippen LogP contribution < -0.4 is 15.9 Å². The molecule has 0 bridgehead atoms. The fraction of sp³-hybridized carbons (Fsp3) is 0. The summed E-state index contributed by atoms with van der Waals surface area (Å²) in [5, 5.41) is 4.19. The average Bonchev–Trinajstić information content (AvgIpc) is 2.58. The number of benzene rings is 3. The Labute approximate surface area is 136 Å². The van der Waals surface area contributed by atoms with E-state index < -0.39 is 16.8 Å². The summed E-state index contributed by atoms with van der Waals surface area (Å²) in [6, 6.07) is 32.3. The largest absolute Gasteiger partial charge is 0.456 e. The fourth-order valence-electron chi connectivity index (χ4n) is 2.18. The quantitative estimate of drug-likeness (QED) is 0.542. The molecule has 3 aromatic rings. The van der Waals surface area contributed by atoms with E-state index in [1.165, 1.54) is 15.9 Å². The molecule has 0 saturated carbocycles. The number of rotatable bonds is 3. The number of halogens is 3. The second-order valence-corrected chi connectivity index (χ2v) is 7.14. The third kappa shape index (κ3) is 5.78. The molecule has 0 atom stereocenters. The topological polar surface area (TPSA) is 0 Å². The van der Waals surface area contributed by atoms with E-state index in [1.807, 2.05) is 0 Å². The zero-order valence-electron chi connectivity index (χ0n) is 12.2. The molecule has 0 N–H and O–H groups in total. The second kappa shape index (κ2) is 9.45. The van der Waals surface area contributed by atoms with Gasteiger partial charge in [-0.1, -0.05) is 91.0 Å². The summed E-state index contributed by atoms with van der Waals surface area (Å²) >= 11 is 0. The van der Waals surface area contributed by atoms with Crippen molar-refractivity contribution < 1.29 is 12.6 Å². The van der Waals surface area contributed by atoms with E-state index in [0.29, 0.717) is 0 Å². The van der Waals surface area contributed by atoms with Gasteiger partial charge < -0.3 is 0 Å². The van der Waals surface area contributed by atoms with Crippen molar-refractivity contribution in [2.75, 3.05) is 0 Å². The van der Waals surface area contributed by atoms with Crippen LogP contribution in [0.25, 0.3) is 0 Å². The monoisotopic (exact) mass is 350 g/mol. The smallest absolute Gasteiger partial charge is 0.152 e. The van der Waals surface area contributed by atoms with E-state index >= 15 is 0 Å². The highest BCUT2D eigenvalue weighted by Crippen LogP contribution is 2.39. The first-order valence-corrected chi connectivity index (χ1v) is 9.27. The molecule has 0 aliphatic carbocycles. The van der Waals surface area contributed by atoms with Crippen LogP contribution in [0.5, 0.6) is 0 Å². The summed E-state index contributed by atoms with van der Waals surface area (Å²) in [5.41, 5.74) is 0. The lowest BCUT2D eigenvalue weighted by atomic mass is 10.4. The second-order valence-electron chi connectivity index (χ2n) is 4.53. The van der Waals surface area contributed by atoms with Crippen molar-refractivity contribution >= 4 is 32.7 Å². The van der Waals surface area contributed by atoms with Crippen LogP contribution in [-0.4, -0.2) is 0 Å². The van der Waals surface area contributed by atoms with Crippen molar-refractivity contribution in [1.29, 1.82) is 0 Å². The summed E-state index contributed by atoms with van der Waals surface area (Å²) < 4.78 is 29.2. The molecule has 0 fully saturated rings. The van der Waals surface area contributed by atoms with Gasteiger partial charge in [0, 0.05) is 0 Å². The Hall–Kier alpha value is -1.69. The van der Waals surface area contributed by atoms with Crippen LogP contribution in [-0.2, 0) is 0 Å². The molecule has 0 aliphatic rings. The highest BCUT2D eigenvalue weighted by atomic mass is 31.2. The van der Waals surface area contributed by atoms with Crippen LogP contribution in [0, 0.1) is 0 Å². The molecule has 118 valence electrons. The zero-order chi connectivity index (χ0) is 16.5. The molecule has 23 heavy (non-hydrogen) atoms. The zero-order valence-corrected chi connectivity index (χ0v) is 14.0. The molecule has 0 aliphatic heterocycles. The Bertz CT molecular complexity index is 580. The molecule has 0 unspecified atom stereocenters. The third-order valence-corrected chi connectivity index (χ3v) is 5.49. The molecule has 0 nitrogen and oxygen atoms in total. The van der Waals surface area contributed by atoms with Gasteiger partial charge in [-0.3, -0.25) is 0 Å². The van der Waals surface area contributed by atoms with Gasteiger partial charge in [-0.25, -0.2) is 0 Å². The van der Waals surface area contributed by atoms with Gasteiger partial charge >= 0.3 is 8.85 Å². The Morgan fingerprint density at radius 3 is 0.870 bits per heavy atom. The summed E-state index contributed by atoms with van der Waals surface area (Å²) in [6.45, 7) is 0. The first-order chi connectivity index (χ1) is 11.2. The SMILES string of the molecule is FP(F)F.c1ccc(P(c2ccccc2)c2ccccc2)cc1. The highest BCUT2D eigenvalue weighted by molar-refractivity contribution is 7.79. The first-order valence-electron chi connectivity index (χ1n) is 6.91. The average molecular weight is 350 g/mol. The van der Waals surface area contributed by atoms with Gasteiger partial charge in [-0.15, -0.1) is 0 Å². The van der Waals surface area contributed by atoms with Gasteiger partial charge in [-0.05, 0) is 23.8 Å². The molecular formula is C18H15F3P2. The van der Waals surface area contributed by atoms with Crippen molar-refractivity contribution in [3.63, 3.8) is 0 Å². The summed E-state index contributed by atoms with van der Waals surface area (Å²) in [5.74, 6) is 0. The Morgan fingerprint density at radius 1 is 0.435 bits per heavy atom. The Morgan fingerprint density at radius 2 is 0.652 bits per heavy atom. The minimum atomic E-state index is -4.12. The van der Waals surface area contributed by atoms with Crippen molar-refractivity contribution in [3.8, 4) is 0 Å². The first kappa shape index (κ1) is 17.7. The highest BCUT2D eigenvalue weighted by Gasteiger charge is 2.14. The summed E-state index contributed by atoms with van der Waals surface area (Å²) in [4.78, 5) is 0. The third-order valence-electron chi connectivity index (χ3n) is 3.04.